The summed E-state index contributed by atoms with van der Waals surface area (Å²) >= 11 is 0. The molecule has 0 aliphatic carbocycles. The number of hydrogen-bond donors (Lipinski definition) is 0. The monoisotopic (exact) mass is 269 g/mol. The van der Waals surface area contributed by atoms with Crippen molar-refractivity contribution < 1.29 is 9.18 Å². The van der Waals surface area contributed by atoms with Gasteiger partial charge < -0.3 is 4.90 Å². The van der Waals surface area contributed by atoms with Crippen LogP contribution in [0.1, 0.15) is 18.9 Å². The zero-order chi connectivity index (χ0) is 14.1. The molecule has 2 aromatic rings. The summed E-state index contributed by atoms with van der Waals surface area (Å²) in [5.74, 6) is -0.192. The van der Waals surface area contributed by atoms with Crippen LogP contribution in [0.25, 0.3) is 11.1 Å². The summed E-state index contributed by atoms with van der Waals surface area (Å²) in [7, 11) is 0. The van der Waals surface area contributed by atoms with Gasteiger partial charge in [0.1, 0.15) is 5.82 Å². The van der Waals surface area contributed by atoms with Crippen LogP contribution in [0.15, 0.2) is 42.5 Å². The van der Waals surface area contributed by atoms with Crippen LogP contribution >= 0.6 is 0 Å². The van der Waals surface area contributed by atoms with Gasteiger partial charge in [-0.3, -0.25) is 4.79 Å². The standard InChI is InChI=1S/C17H16FNO/c1-12(20)19-11-3-5-14-4-2-6-16(17(14)19)13-7-9-15(18)10-8-13/h2,4,6-10H,3,5,11H2,1H3. The van der Waals surface area contributed by atoms with Crippen molar-refractivity contribution in [3.63, 3.8) is 0 Å². The summed E-state index contributed by atoms with van der Waals surface area (Å²) < 4.78 is 13.1. The number of rotatable bonds is 1. The SMILES string of the molecule is CC(=O)N1CCCc2cccc(-c3ccc(F)cc3)c21. The van der Waals surface area contributed by atoms with Gasteiger partial charge in [-0.2, -0.15) is 0 Å². The summed E-state index contributed by atoms with van der Waals surface area (Å²) in [5, 5.41) is 0. The van der Waals surface area contributed by atoms with Gasteiger partial charge in [-0.25, -0.2) is 4.39 Å². The molecular weight excluding hydrogens is 253 g/mol. The quantitative estimate of drug-likeness (QED) is 0.771. The zero-order valence-corrected chi connectivity index (χ0v) is 11.4. The number of anilines is 1. The van der Waals surface area contributed by atoms with Gasteiger partial charge in [0.25, 0.3) is 0 Å². The van der Waals surface area contributed by atoms with Gasteiger partial charge >= 0.3 is 0 Å². The first-order chi connectivity index (χ1) is 9.66. The molecule has 1 amide bonds. The van der Waals surface area contributed by atoms with E-state index in [0.717, 1.165) is 36.2 Å². The number of nitrogens with zero attached hydrogens (tertiary/aromatic N) is 1. The van der Waals surface area contributed by atoms with Crippen LogP contribution in [0.5, 0.6) is 0 Å². The molecule has 1 aliphatic rings. The average Bonchev–Trinajstić information content (AvgIpc) is 2.47. The normalized spacial score (nSPS) is 14.0. The van der Waals surface area contributed by atoms with E-state index >= 15 is 0 Å². The van der Waals surface area contributed by atoms with Crippen molar-refractivity contribution in [2.24, 2.45) is 0 Å². The van der Waals surface area contributed by atoms with E-state index in [0.29, 0.717) is 0 Å². The van der Waals surface area contributed by atoms with E-state index in [4.69, 9.17) is 0 Å². The lowest BCUT2D eigenvalue weighted by Gasteiger charge is -2.31. The Morgan fingerprint density at radius 1 is 1.15 bits per heavy atom. The lowest BCUT2D eigenvalue weighted by atomic mass is 9.94. The summed E-state index contributed by atoms with van der Waals surface area (Å²) in [6, 6.07) is 12.5. The van der Waals surface area contributed by atoms with Crippen LogP contribution in [0.4, 0.5) is 10.1 Å². The maximum atomic E-state index is 13.1. The molecule has 0 aromatic heterocycles. The Labute approximate surface area is 117 Å². The first-order valence-electron chi connectivity index (χ1n) is 6.83. The Hall–Kier alpha value is -2.16. The second-order valence-electron chi connectivity index (χ2n) is 5.09. The number of fused-ring (bicyclic) bond motifs is 1. The van der Waals surface area contributed by atoms with Crippen molar-refractivity contribution in [1.29, 1.82) is 0 Å². The molecule has 0 fully saturated rings. The first kappa shape index (κ1) is 12.9. The highest BCUT2D eigenvalue weighted by molar-refractivity contribution is 5.98. The minimum absolute atomic E-state index is 0.0560. The number of aryl methyl sites for hydroxylation is 1. The Morgan fingerprint density at radius 3 is 2.60 bits per heavy atom. The molecule has 0 bridgehead atoms. The fourth-order valence-electron chi connectivity index (χ4n) is 2.83. The number of carbonyl (C=O) groups excluding carboxylic acids is 1. The van der Waals surface area contributed by atoms with Crippen molar-refractivity contribution in [2.75, 3.05) is 11.4 Å². The molecule has 0 spiro atoms. The highest BCUT2D eigenvalue weighted by Gasteiger charge is 2.23. The molecule has 0 atom stereocenters. The second kappa shape index (κ2) is 5.08. The summed E-state index contributed by atoms with van der Waals surface area (Å²) in [6.45, 7) is 2.34. The van der Waals surface area contributed by atoms with Crippen molar-refractivity contribution >= 4 is 11.6 Å². The highest BCUT2D eigenvalue weighted by Crippen LogP contribution is 2.37. The Kier molecular flexibility index (Phi) is 3.26. The fourth-order valence-corrected chi connectivity index (χ4v) is 2.83. The average molecular weight is 269 g/mol. The number of benzene rings is 2. The van der Waals surface area contributed by atoms with E-state index in [1.54, 1.807) is 19.1 Å². The van der Waals surface area contributed by atoms with Crippen LogP contribution in [-0.2, 0) is 11.2 Å². The van der Waals surface area contributed by atoms with Crippen LogP contribution in [0.3, 0.4) is 0 Å². The summed E-state index contributed by atoms with van der Waals surface area (Å²) in [4.78, 5) is 13.7. The third kappa shape index (κ3) is 2.20. The largest absolute Gasteiger partial charge is 0.312 e. The number of halogens is 1. The molecule has 1 heterocycles. The maximum Gasteiger partial charge on any atom is 0.223 e. The van der Waals surface area contributed by atoms with Crippen molar-refractivity contribution in [1.82, 2.24) is 0 Å². The number of hydrogen-bond acceptors (Lipinski definition) is 1. The Balaban J connectivity index is 2.17. The molecule has 3 heteroatoms. The molecule has 0 unspecified atom stereocenters. The molecule has 1 aliphatic heterocycles. The topological polar surface area (TPSA) is 20.3 Å². The van der Waals surface area contributed by atoms with E-state index in [-0.39, 0.29) is 11.7 Å². The van der Waals surface area contributed by atoms with Gasteiger partial charge in [0.15, 0.2) is 0 Å². The summed E-state index contributed by atoms with van der Waals surface area (Å²) in [5.41, 5.74) is 4.11. The van der Waals surface area contributed by atoms with Crippen molar-refractivity contribution in [2.45, 2.75) is 19.8 Å². The van der Waals surface area contributed by atoms with E-state index in [1.807, 2.05) is 17.0 Å². The maximum absolute atomic E-state index is 13.1. The Bertz CT molecular complexity index is 649. The third-order valence-electron chi connectivity index (χ3n) is 3.75. The molecule has 2 aromatic carbocycles. The number of amides is 1. The second-order valence-corrected chi connectivity index (χ2v) is 5.09. The molecule has 0 saturated heterocycles. The lowest BCUT2D eigenvalue weighted by molar-refractivity contribution is -0.116. The highest BCUT2D eigenvalue weighted by atomic mass is 19.1. The third-order valence-corrected chi connectivity index (χ3v) is 3.75. The molecule has 0 radical (unpaired) electrons. The van der Waals surface area contributed by atoms with Crippen LogP contribution in [0, 0.1) is 5.82 Å². The van der Waals surface area contributed by atoms with Crippen LogP contribution in [0.2, 0.25) is 0 Å². The van der Waals surface area contributed by atoms with Gasteiger partial charge in [0, 0.05) is 19.0 Å². The van der Waals surface area contributed by atoms with Gasteiger partial charge in [-0.1, -0.05) is 30.3 Å². The number of carbonyl (C=O) groups is 1. The van der Waals surface area contributed by atoms with E-state index in [9.17, 15) is 9.18 Å². The van der Waals surface area contributed by atoms with Gasteiger partial charge in [-0.15, -0.1) is 0 Å². The van der Waals surface area contributed by atoms with Crippen molar-refractivity contribution in [3.8, 4) is 11.1 Å². The van der Waals surface area contributed by atoms with E-state index in [2.05, 4.69) is 6.07 Å². The Morgan fingerprint density at radius 2 is 1.90 bits per heavy atom. The first-order valence-corrected chi connectivity index (χ1v) is 6.83. The molecular formula is C17H16FNO. The minimum atomic E-state index is -0.248. The minimum Gasteiger partial charge on any atom is -0.312 e. The van der Waals surface area contributed by atoms with Crippen LogP contribution < -0.4 is 4.90 Å². The molecule has 102 valence electrons. The van der Waals surface area contributed by atoms with Gasteiger partial charge in [-0.05, 0) is 36.1 Å². The predicted molar refractivity (Wildman–Crippen MR) is 78.2 cm³/mol. The zero-order valence-electron chi connectivity index (χ0n) is 11.4. The molecule has 20 heavy (non-hydrogen) atoms. The van der Waals surface area contributed by atoms with E-state index in [1.165, 1.54) is 17.7 Å². The molecule has 0 N–H and O–H groups in total. The van der Waals surface area contributed by atoms with E-state index < -0.39 is 0 Å². The smallest absolute Gasteiger partial charge is 0.223 e. The lowest BCUT2D eigenvalue weighted by Crippen LogP contribution is -2.34. The number of para-hydroxylation sites is 1. The van der Waals surface area contributed by atoms with Gasteiger partial charge in [0.2, 0.25) is 5.91 Å². The van der Waals surface area contributed by atoms with Crippen LogP contribution in [-0.4, -0.2) is 12.5 Å². The predicted octanol–water partition coefficient (Wildman–Crippen LogP) is 3.79. The molecule has 3 rings (SSSR count). The van der Waals surface area contributed by atoms with Crippen molar-refractivity contribution in [3.05, 3.63) is 53.8 Å². The molecule has 2 nitrogen and oxygen atoms in total. The molecule has 0 saturated carbocycles. The van der Waals surface area contributed by atoms with Gasteiger partial charge in [0.05, 0.1) is 5.69 Å². The summed E-state index contributed by atoms with van der Waals surface area (Å²) in [6.07, 6.45) is 1.97. The fraction of sp³-hybridized carbons (Fsp3) is 0.235.